The predicted octanol–water partition coefficient (Wildman–Crippen LogP) is 4.69. The molecule has 0 saturated carbocycles. The van der Waals surface area contributed by atoms with Gasteiger partial charge in [0.1, 0.15) is 5.69 Å². The van der Waals surface area contributed by atoms with Gasteiger partial charge in [-0.3, -0.25) is 9.59 Å². The fraction of sp³-hybridized carbons (Fsp3) is 0.0500. The summed E-state index contributed by atoms with van der Waals surface area (Å²) in [6.07, 6.45) is 1.57. The average molecular weight is 381 g/mol. The molecule has 0 aliphatic heterocycles. The van der Waals surface area contributed by atoms with Crippen molar-refractivity contribution in [1.29, 1.82) is 0 Å². The van der Waals surface area contributed by atoms with Gasteiger partial charge in [0.25, 0.3) is 5.91 Å². The summed E-state index contributed by atoms with van der Waals surface area (Å²) < 4.78 is 0. The third-order valence-electron chi connectivity index (χ3n) is 3.61. The number of benzene rings is 2. The molecule has 0 aliphatic carbocycles. The van der Waals surface area contributed by atoms with Crippen LogP contribution in [0, 0.1) is 0 Å². The highest BCUT2D eigenvalue weighted by Crippen LogP contribution is 2.24. The fourth-order valence-corrected chi connectivity index (χ4v) is 2.54. The van der Waals surface area contributed by atoms with Crippen LogP contribution >= 0.6 is 11.6 Å². The van der Waals surface area contributed by atoms with Gasteiger partial charge in [0.2, 0.25) is 5.91 Å². The van der Waals surface area contributed by atoms with E-state index in [2.05, 4.69) is 20.9 Å². The number of aromatic nitrogens is 1. The molecule has 1 aromatic heterocycles. The van der Waals surface area contributed by atoms with Gasteiger partial charge in [0.05, 0.1) is 22.6 Å². The summed E-state index contributed by atoms with van der Waals surface area (Å²) >= 11 is 6.11. The number of halogens is 1. The number of carbonyl (C=O) groups is 2. The SMILES string of the molecule is CC(=O)Nc1ccc(NC(=O)c2ccc(Nc3ccccc3Cl)cn2)cc1. The first-order valence-electron chi connectivity index (χ1n) is 8.18. The average Bonchev–Trinajstić information content (AvgIpc) is 2.65. The number of rotatable bonds is 5. The minimum atomic E-state index is -0.327. The molecular weight excluding hydrogens is 364 g/mol. The molecule has 0 unspecified atom stereocenters. The van der Waals surface area contributed by atoms with Crippen molar-refractivity contribution in [3.63, 3.8) is 0 Å². The zero-order valence-electron chi connectivity index (χ0n) is 14.5. The highest BCUT2D eigenvalue weighted by atomic mass is 35.5. The molecule has 3 aromatic rings. The van der Waals surface area contributed by atoms with Crippen molar-refractivity contribution in [2.45, 2.75) is 6.92 Å². The third kappa shape index (κ3) is 5.05. The Morgan fingerprint density at radius 1 is 0.852 bits per heavy atom. The number of anilines is 4. The Morgan fingerprint density at radius 2 is 1.48 bits per heavy atom. The topological polar surface area (TPSA) is 83.1 Å². The van der Waals surface area contributed by atoms with Gasteiger partial charge in [-0.05, 0) is 48.5 Å². The van der Waals surface area contributed by atoms with Crippen LogP contribution in [-0.2, 0) is 4.79 Å². The largest absolute Gasteiger partial charge is 0.353 e. The second-order valence-corrected chi connectivity index (χ2v) is 6.16. The zero-order valence-corrected chi connectivity index (χ0v) is 15.2. The first-order chi connectivity index (χ1) is 13.0. The highest BCUT2D eigenvalue weighted by molar-refractivity contribution is 6.33. The van der Waals surface area contributed by atoms with E-state index in [-0.39, 0.29) is 17.5 Å². The number of para-hydroxylation sites is 1. The van der Waals surface area contributed by atoms with Crippen LogP contribution in [-0.4, -0.2) is 16.8 Å². The summed E-state index contributed by atoms with van der Waals surface area (Å²) in [5.74, 6) is -0.479. The predicted molar refractivity (Wildman–Crippen MR) is 108 cm³/mol. The van der Waals surface area contributed by atoms with Crippen molar-refractivity contribution >= 4 is 46.2 Å². The summed E-state index contributed by atoms with van der Waals surface area (Å²) in [6.45, 7) is 1.44. The zero-order chi connectivity index (χ0) is 19.2. The van der Waals surface area contributed by atoms with E-state index in [0.717, 1.165) is 11.4 Å². The molecule has 3 rings (SSSR count). The molecule has 0 spiro atoms. The maximum absolute atomic E-state index is 12.3. The van der Waals surface area contributed by atoms with Crippen molar-refractivity contribution in [3.8, 4) is 0 Å². The van der Waals surface area contributed by atoms with Crippen molar-refractivity contribution in [3.05, 3.63) is 77.6 Å². The highest BCUT2D eigenvalue weighted by Gasteiger charge is 2.08. The Hall–Kier alpha value is -3.38. The number of carbonyl (C=O) groups excluding carboxylic acids is 2. The summed E-state index contributed by atoms with van der Waals surface area (Å²) in [5, 5.41) is 9.18. The fourth-order valence-electron chi connectivity index (χ4n) is 2.36. The van der Waals surface area contributed by atoms with Crippen molar-refractivity contribution in [2.75, 3.05) is 16.0 Å². The molecule has 2 amide bonds. The molecule has 0 radical (unpaired) electrons. The van der Waals surface area contributed by atoms with Crippen LogP contribution in [0.3, 0.4) is 0 Å². The van der Waals surface area contributed by atoms with Crippen LogP contribution in [0.5, 0.6) is 0 Å². The number of pyridine rings is 1. The van der Waals surface area contributed by atoms with Crippen LogP contribution in [0.25, 0.3) is 0 Å². The normalized spacial score (nSPS) is 10.1. The molecule has 3 N–H and O–H groups in total. The Balaban J connectivity index is 1.63. The maximum Gasteiger partial charge on any atom is 0.274 e. The van der Waals surface area contributed by atoms with E-state index in [1.165, 1.54) is 6.92 Å². The van der Waals surface area contributed by atoms with E-state index in [9.17, 15) is 9.59 Å². The number of hydrogen-bond acceptors (Lipinski definition) is 4. The summed E-state index contributed by atoms with van der Waals surface area (Å²) in [5.41, 5.74) is 3.03. The Kier molecular flexibility index (Phi) is 5.68. The molecule has 27 heavy (non-hydrogen) atoms. The number of nitrogens with one attached hydrogen (secondary N) is 3. The van der Waals surface area contributed by atoms with E-state index < -0.39 is 0 Å². The Bertz CT molecular complexity index is 956. The molecule has 0 aliphatic rings. The monoisotopic (exact) mass is 380 g/mol. The van der Waals surface area contributed by atoms with Crippen molar-refractivity contribution < 1.29 is 9.59 Å². The van der Waals surface area contributed by atoms with E-state index >= 15 is 0 Å². The molecule has 1 heterocycles. The second-order valence-electron chi connectivity index (χ2n) is 5.75. The number of hydrogen-bond donors (Lipinski definition) is 3. The minimum Gasteiger partial charge on any atom is -0.353 e. The first kappa shape index (κ1) is 18.4. The molecule has 0 fully saturated rings. The van der Waals surface area contributed by atoms with E-state index in [0.29, 0.717) is 16.4 Å². The van der Waals surface area contributed by atoms with Gasteiger partial charge in [-0.15, -0.1) is 0 Å². The van der Waals surface area contributed by atoms with Gasteiger partial charge < -0.3 is 16.0 Å². The van der Waals surface area contributed by atoms with Crippen molar-refractivity contribution in [1.82, 2.24) is 4.98 Å². The van der Waals surface area contributed by atoms with E-state index in [4.69, 9.17) is 11.6 Å². The van der Waals surface area contributed by atoms with Gasteiger partial charge in [0, 0.05) is 18.3 Å². The molecule has 0 bridgehead atoms. The van der Waals surface area contributed by atoms with Crippen LogP contribution in [0.1, 0.15) is 17.4 Å². The molecule has 6 nitrogen and oxygen atoms in total. The van der Waals surface area contributed by atoms with Crippen LogP contribution in [0.4, 0.5) is 22.7 Å². The first-order valence-corrected chi connectivity index (χ1v) is 8.56. The quantitative estimate of drug-likeness (QED) is 0.599. The molecule has 0 atom stereocenters. The smallest absolute Gasteiger partial charge is 0.274 e. The lowest BCUT2D eigenvalue weighted by molar-refractivity contribution is -0.114. The number of amides is 2. The van der Waals surface area contributed by atoms with Crippen LogP contribution in [0.15, 0.2) is 66.9 Å². The van der Waals surface area contributed by atoms with Crippen LogP contribution in [0.2, 0.25) is 5.02 Å². The standard InChI is InChI=1S/C20H17ClN4O2/c1-13(26)23-14-6-8-15(9-7-14)25-20(27)19-11-10-16(12-22-19)24-18-5-3-2-4-17(18)21/h2-12,24H,1H3,(H,23,26)(H,25,27). The minimum absolute atomic E-state index is 0.151. The second kappa shape index (κ2) is 8.33. The molecular formula is C20H17ClN4O2. The van der Waals surface area contributed by atoms with Crippen molar-refractivity contribution in [2.24, 2.45) is 0 Å². The molecule has 0 saturated heterocycles. The Labute approximate surface area is 161 Å². The van der Waals surface area contributed by atoms with Gasteiger partial charge in [0.15, 0.2) is 0 Å². The van der Waals surface area contributed by atoms with Gasteiger partial charge in [-0.2, -0.15) is 0 Å². The molecule has 136 valence electrons. The van der Waals surface area contributed by atoms with E-state index in [1.54, 1.807) is 48.7 Å². The van der Waals surface area contributed by atoms with Gasteiger partial charge in [-0.1, -0.05) is 23.7 Å². The lowest BCUT2D eigenvalue weighted by atomic mass is 10.2. The van der Waals surface area contributed by atoms with Gasteiger partial charge >= 0.3 is 0 Å². The van der Waals surface area contributed by atoms with E-state index in [1.807, 2.05) is 18.2 Å². The maximum atomic E-state index is 12.3. The molecule has 7 heteroatoms. The Morgan fingerprint density at radius 3 is 2.07 bits per heavy atom. The lowest BCUT2D eigenvalue weighted by Crippen LogP contribution is -2.13. The number of nitrogens with zero attached hydrogens (tertiary/aromatic N) is 1. The third-order valence-corrected chi connectivity index (χ3v) is 3.94. The summed E-state index contributed by atoms with van der Waals surface area (Å²) in [6, 6.07) is 17.6. The summed E-state index contributed by atoms with van der Waals surface area (Å²) in [7, 11) is 0. The van der Waals surface area contributed by atoms with Gasteiger partial charge in [-0.25, -0.2) is 4.98 Å². The molecule has 2 aromatic carbocycles. The summed E-state index contributed by atoms with van der Waals surface area (Å²) in [4.78, 5) is 27.5. The van der Waals surface area contributed by atoms with Crippen LogP contribution < -0.4 is 16.0 Å². The lowest BCUT2D eigenvalue weighted by Gasteiger charge is -2.09.